The number of aryl methyl sites for hydroxylation is 1. The van der Waals surface area contributed by atoms with Crippen LogP contribution in [0.1, 0.15) is 29.4 Å². The lowest BCUT2D eigenvalue weighted by atomic mass is 10.2. The van der Waals surface area contributed by atoms with E-state index in [0.717, 1.165) is 6.54 Å². The molecule has 0 spiro atoms. The van der Waals surface area contributed by atoms with E-state index in [1.165, 1.54) is 0 Å². The van der Waals surface area contributed by atoms with E-state index in [4.69, 9.17) is 10.2 Å². The number of carboxylic acids is 1. The van der Waals surface area contributed by atoms with Crippen molar-refractivity contribution in [1.82, 2.24) is 4.98 Å². The van der Waals surface area contributed by atoms with Crippen molar-refractivity contribution < 1.29 is 15.0 Å². The van der Waals surface area contributed by atoms with Gasteiger partial charge in [-0.3, -0.25) is 0 Å². The maximum atomic E-state index is 10.9. The molecule has 0 bridgehead atoms. The SMILES string of the molecule is CCN(CCCO)c1cc(C(=O)O)cc(C)n1. The number of nitrogens with zero attached hydrogens (tertiary/aromatic N) is 2. The van der Waals surface area contributed by atoms with Crippen LogP contribution >= 0.6 is 0 Å². The smallest absolute Gasteiger partial charge is 0.335 e. The summed E-state index contributed by atoms with van der Waals surface area (Å²) in [6.07, 6.45) is 0.645. The first kappa shape index (κ1) is 13.4. The van der Waals surface area contributed by atoms with Crippen molar-refractivity contribution in [3.8, 4) is 0 Å². The second-order valence-electron chi connectivity index (χ2n) is 3.82. The number of aliphatic hydroxyl groups excluding tert-OH is 1. The lowest BCUT2D eigenvalue weighted by Gasteiger charge is -2.22. The van der Waals surface area contributed by atoms with Gasteiger partial charge in [-0.25, -0.2) is 9.78 Å². The van der Waals surface area contributed by atoms with Crippen molar-refractivity contribution in [1.29, 1.82) is 0 Å². The van der Waals surface area contributed by atoms with E-state index in [9.17, 15) is 4.79 Å². The van der Waals surface area contributed by atoms with E-state index in [-0.39, 0.29) is 12.2 Å². The minimum absolute atomic E-state index is 0.119. The van der Waals surface area contributed by atoms with Crippen molar-refractivity contribution in [2.75, 3.05) is 24.6 Å². The highest BCUT2D eigenvalue weighted by Gasteiger charge is 2.11. The largest absolute Gasteiger partial charge is 0.478 e. The van der Waals surface area contributed by atoms with Crippen molar-refractivity contribution in [3.63, 3.8) is 0 Å². The molecule has 0 unspecified atom stereocenters. The molecule has 0 atom stereocenters. The van der Waals surface area contributed by atoms with Gasteiger partial charge in [0.15, 0.2) is 0 Å². The van der Waals surface area contributed by atoms with Crippen LogP contribution in [0.3, 0.4) is 0 Å². The predicted octanol–water partition coefficient (Wildman–Crippen LogP) is 1.30. The van der Waals surface area contributed by atoms with Gasteiger partial charge in [0.05, 0.1) is 5.56 Å². The van der Waals surface area contributed by atoms with Gasteiger partial charge < -0.3 is 15.1 Å². The number of hydrogen-bond acceptors (Lipinski definition) is 4. The highest BCUT2D eigenvalue weighted by atomic mass is 16.4. The summed E-state index contributed by atoms with van der Waals surface area (Å²) in [5.41, 5.74) is 0.928. The number of pyridine rings is 1. The number of aromatic carboxylic acids is 1. The molecule has 0 saturated carbocycles. The normalized spacial score (nSPS) is 10.3. The maximum Gasteiger partial charge on any atom is 0.335 e. The zero-order valence-corrected chi connectivity index (χ0v) is 10.2. The van der Waals surface area contributed by atoms with Crippen molar-refractivity contribution >= 4 is 11.8 Å². The highest BCUT2D eigenvalue weighted by molar-refractivity contribution is 5.88. The lowest BCUT2D eigenvalue weighted by Crippen LogP contribution is -2.26. The molecule has 1 heterocycles. The standard InChI is InChI=1S/C12H18N2O3/c1-3-14(5-4-6-15)11-8-10(12(16)17)7-9(2)13-11/h7-8,15H,3-6H2,1-2H3,(H,16,17). The summed E-state index contributed by atoms with van der Waals surface area (Å²) in [6, 6.07) is 3.11. The summed E-state index contributed by atoms with van der Waals surface area (Å²) in [7, 11) is 0. The zero-order chi connectivity index (χ0) is 12.8. The van der Waals surface area contributed by atoms with Gasteiger partial charge in [-0.15, -0.1) is 0 Å². The Kier molecular flexibility index (Phi) is 4.90. The predicted molar refractivity (Wildman–Crippen MR) is 65.5 cm³/mol. The molecular weight excluding hydrogens is 220 g/mol. The van der Waals surface area contributed by atoms with Crippen LogP contribution in [0, 0.1) is 6.92 Å². The third-order valence-corrected chi connectivity index (χ3v) is 2.48. The van der Waals surface area contributed by atoms with Gasteiger partial charge in [0, 0.05) is 25.4 Å². The van der Waals surface area contributed by atoms with Crippen molar-refractivity contribution in [2.45, 2.75) is 20.3 Å². The summed E-state index contributed by atoms with van der Waals surface area (Å²) < 4.78 is 0. The van der Waals surface area contributed by atoms with E-state index in [0.29, 0.717) is 24.5 Å². The fourth-order valence-electron chi connectivity index (χ4n) is 1.63. The highest BCUT2D eigenvalue weighted by Crippen LogP contribution is 2.15. The third kappa shape index (κ3) is 3.71. The van der Waals surface area contributed by atoms with Crippen molar-refractivity contribution in [3.05, 3.63) is 23.4 Å². The van der Waals surface area contributed by atoms with E-state index in [2.05, 4.69) is 4.98 Å². The minimum Gasteiger partial charge on any atom is -0.478 e. The Bertz CT molecular complexity index is 393. The Labute approximate surface area is 101 Å². The summed E-state index contributed by atoms with van der Waals surface area (Å²) in [5, 5.41) is 17.8. The van der Waals surface area contributed by atoms with Gasteiger partial charge >= 0.3 is 5.97 Å². The Morgan fingerprint density at radius 3 is 2.71 bits per heavy atom. The molecule has 94 valence electrons. The fourth-order valence-corrected chi connectivity index (χ4v) is 1.63. The van der Waals surface area contributed by atoms with Crippen LogP contribution in [0.25, 0.3) is 0 Å². The molecule has 1 rings (SSSR count). The summed E-state index contributed by atoms with van der Waals surface area (Å²) >= 11 is 0. The molecular formula is C12H18N2O3. The number of carboxylic acid groups (broad SMARTS) is 1. The van der Waals surface area contributed by atoms with Gasteiger partial charge in [-0.2, -0.15) is 0 Å². The molecule has 0 fully saturated rings. The Morgan fingerprint density at radius 1 is 1.47 bits per heavy atom. The fraction of sp³-hybridized carbons (Fsp3) is 0.500. The first-order valence-corrected chi connectivity index (χ1v) is 5.66. The zero-order valence-electron chi connectivity index (χ0n) is 10.2. The second kappa shape index (κ2) is 6.20. The van der Waals surface area contributed by atoms with E-state index >= 15 is 0 Å². The molecule has 0 aliphatic rings. The van der Waals surface area contributed by atoms with E-state index in [1.807, 2.05) is 11.8 Å². The number of anilines is 1. The summed E-state index contributed by atoms with van der Waals surface area (Å²) in [6.45, 7) is 5.27. The summed E-state index contributed by atoms with van der Waals surface area (Å²) in [4.78, 5) is 17.2. The topological polar surface area (TPSA) is 73.7 Å². The third-order valence-electron chi connectivity index (χ3n) is 2.48. The van der Waals surface area contributed by atoms with Crippen LogP contribution in [0.4, 0.5) is 5.82 Å². The quantitative estimate of drug-likeness (QED) is 0.781. The van der Waals surface area contributed by atoms with Crippen LogP contribution in [-0.4, -0.2) is 40.9 Å². The van der Waals surface area contributed by atoms with Gasteiger partial charge in [0.2, 0.25) is 0 Å². The molecule has 1 aromatic heterocycles. The molecule has 5 nitrogen and oxygen atoms in total. The van der Waals surface area contributed by atoms with E-state index in [1.54, 1.807) is 19.1 Å². The van der Waals surface area contributed by atoms with Crippen LogP contribution in [0.2, 0.25) is 0 Å². The summed E-state index contributed by atoms with van der Waals surface area (Å²) in [5.74, 6) is -0.298. The second-order valence-corrected chi connectivity index (χ2v) is 3.82. The van der Waals surface area contributed by atoms with Crippen LogP contribution < -0.4 is 4.90 Å². The number of hydrogen-bond donors (Lipinski definition) is 2. The monoisotopic (exact) mass is 238 g/mol. The van der Waals surface area contributed by atoms with Crippen molar-refractivity contribution in [2.24, 2.45) is 0 Å². The first-order chi connectivity index (χ1) is 8.08. The molecule has 0 saturated heterocycles. The number of rotatable bonds is 6. The molecule has 0 aliphatic carbocycles. The molecule has 5 heteroatoms. The molecule has 0 radical (unpaired) electrons. The minimum atomic E-state index is -0.949. The average molecular weight is 238 g/mol. The van der Waals surface area contributed by atoms with Crippen LogP contribution in [0.5, 0.6) is 0 Å². The Morgan fingerprint density at radius 2 is 2.18 bits per heavy atom. The molecule has 0 aromatic carbocycles. The number of aliphatic hydroxyl groups is 1. The van der Waals surface area contributed by atoms with E-state index < -0.39 is 5.97 Å². The first-order valence-electron chi connectivity index (χ1n) is 5.66. The van der Waals surface area contributed by atoms with Gasteiger partial charge in [-0.1, -0.05) is 0 Å². The lowest BCUT2D eigenvalue weighted by molar-refractivity contribution is 0.0696. The number of aromatic nitrogens is 1. The maximum absolute atomic E-state index is 10.9. The number of carbonyl (C=O) groups is 1. The van der Waals surface area contributed by atoms with Gasteiger partial charge in [0.1, 0.15) is 5.82 Å². The molecule has 2 N–H and O–H groups in total. The Balaban J connectivity index is 2.98. The molecule has 0 amide bonds. The van der Waals surface area contributed by atoms with Gasteiger partial charge in [-0.05, 0) is 32.4 Å². The van der Waals surface area contributed by atoms with Gasteiger partial charge in [0.25, 0.3) is 0 Å². The molecule has 0 aliphatic heterocycles. The molecule has 1 aromatic rings. The average Bonchev–Trinajstić information content (AvgIpc) is 2.29. The Hall–Kier alpha value is -1.62. The molecule has 17 heavy (non-hydrogen) atoms. The van der Waals surface area contributed by atoms with Crippen LogP contribution in [0.15, 0.2) is 12.1 Å². The van der Waals surface area contributed by atoms with Crippen LogP contribution in [-0.2, 0) is 0 Å².